The molecule has 0 bridgehead atoms. The molecule has 0 spiro atoms. The highest BCUT2D eigenvalue weighted by atomic mass is 16.5. The van der Waals surface area contributed by atoms with E-state index in [1.165, 1.54) is 0 Å². The number of hydrogen-bond donors (Lipinski definition) is 1. The number of ether oxygens (including phenoxy) is 1. The summed E-state index contributed by atoms with van der Waals surface area (Å²) in [6.45, 7) is 4.29. The number of carboxylic acids is 1. The molecule has 0 aliphatic carbocycles. The van der Waals surface area contributed by atoms with Crippen molar-refractivity contribution in [2.75, 3.05) is 18.0 Å². The zero-order chi connectivity index (χ0) is 14.0. The van der Waals surface area contributed by atoms with Crippen LogP contribution in [0.5, 0.6) is 0 Å². The first-order chi connectivity index (χ1) is 8.99. The van der Waals surface area contributed by atoms with E-state index in [1.54, 1.807) is 37.1 Å². The van der Waals surface area contributed by atoms with E-state index in [9.17, 15) is 9.59 Å². The van der Waals surface area contributed by atoms with Crippen LogP contribution in [-0.2, 0) is 9.53 Å². The summed E-state index contributed by atoms with van der Waals surface area (Å²) in [5.41, 5.74) is 0.375. The van der Waals surface area contributed by atoms with E-state index in [2.05, 4.69) is 4.98 Å². The molecule has 102 valence electrons. The largest absolute Gasteiger partial charge is 0.481 e. The summed E-state index contributed by atoms with van der Waals surface area (Å²) in [7, 11) is 0. The van der Waals surface area contributed by atoms with Gasteiger partial charge in [0, 0.05) is 19.3 Å². The Morgan fingerprint density at radius 3 is 2.74 bits per heavy atom. The summed E-state index contributed by atoms with van der Waals surface area (Å²) in [6.07, 6.45) is 1.37. The van der Waals surface area contributed by atoms with Crippen molar-refractivity contribution in [2.24, 2.45) is 5.92 Å². The number of nitrogens with zero attached hydrogens (tertiary/aromatic N) is 2. The van der Waals surface area contributed by atoms with Crippen LogP contribution < -0.4 is 4.90 Å². The van der Waals surface area contributed by atoms with Crippen molar-refractivity contribution in [3.63, 3.8) is 0 Å². The van der Waals surface area contributed by atoms with Gasteiger partial charge in [-0.15, -0.1) is 0 Å². The number of carbonyl (C=O) groups excluding carboxylic acids is 1. The summed E-state index contributed by atoms with van der Waals surface area (Å²) in [5.74, 6) is -1.16. The Morgan fingerprint density at radius 2 is 2.16 bits per heavy atom. The third-order valence-electron chi connectivity index (χ3n) is 2.88. The van der Waals surface area contributed by atoms with Gasteiger partial charge in [0.05, 0.1) is 12.0 Å². The minimum Gasteiger partial charge on any atom is -0.481 e. The Labute approximate surface area is 111 Å². The Hall–Kier alpha value is -2.11. The SMILES string of the molecule is CC(C)OC(=O)c1cccnc1N1CC(C(=O)O)C1. The summed E-state index contributed by atoms with van der Waals surface area (Å²) in [5, 5.41) is 8.86. The molecule has 0 unspecified atom stereocenters. The zero-order valence-corrected chi connectivity index (χ0v) is 10.9. The molecule has 1 aromatic heterocycles. The molecule has 1 N–H and O–H groups in total. The molecule has 2 rings (SSSR count). The molecule has 0 radical (unpaired) electrons. The maximum atomic E-state index is 11.9. The average molecular weight is 264 g/mol. The lowest BCUT2D eigenvalue weighted by molar-refractivity contribution is -0.142. The smallest absolute Gasteiger partial charge is 0.342 e. The van der Waals surface area contributed by atoms with Crippen LogP contribution >= 0.6 is 0 Å². The van der Waals surface area contributed by atoms with Crippen LogP contribution in [0.3, 0.4) is 0 Å². The van der Waals surface area contributed by atoms with Gasteiger partial charge in [-0.3, -0.25) is 4.79 Å². The van der Waals surface area contributed by atoms with Gasteiger partial charge in [-0.25, -0.2) is 9.78 Å². The quantitative estimate of drug-likeness (QED) is 0.822. The van der Waals surface area contributed by atoms with E-state index in [1.807, 2.05) is 0 Å². The van der Waals surface area contributed by atoms with Crippen molar-refractivity contribution < 1.29 is 19.4 Å². The van der Waals surface area contributed by atoms with Crippen molar-refractivity contribution in [2.45, 2.75) is 20.0 Å². The number of anilines is 1. The maximum absolute atomic E-state index is 11.9. The molecular formula is C13H16N2O4. The maximum Gasteiger partial charge on any atom is 0.342 e. The van der Waals surface area contributed by atoms with E-state index < -0.39 is 17.9 Å². The monoisotopic (exact) mass is 264 g/mol. The van der Waals surface area contributed by atoms with Gasteiger partial charge in [0.25, 0.3) is 0 Å². The second kappa shape index (κ2) is 5.26. The summed E-state index contributed by atoms with van der Waals surface area (Å²) in [4.78, 5) is 28.6. The number of carbonyl (C=O) groups is 2. The molecule has 19 heavy (non-hydrogen) atoms. The average Bonchev–Trinajstić information content (AvgIpc) is 2.26. The fourth-order valence-corrected chi connectivity index (χ4v) is 1.89. The molecule has 1 fully saturated rings. The highest BCUT2D eigenvalue weighted by Gasteiger charge is 2.35. The van der Waals surface area contributed by atoms with E-state index in [0.29, 0.717) is 24.5 Å². The molecule has 1 aliphatic rings. The molecular weight excluding hydrogens is 248 g/mol. The highest BCUT2D eigenvalue weighted by Crippen LogP contribution is 2.26. The lowest BCUT2D eigenvalue weighted by Gasteiger charge is -2.38. The minimum atomic E-state index is -0.821. The molecule has 1 saturated heterocycles. The van der Waals surface area contributed by atoms with Crippen molar-refractivity contribution in [3.8, 4) is 0 Å². The predicted molar refractivity (Wildman–Crippen MR) is 68.1 cm³/mol. The molecule has 1 aromatic rings. The van der Waals surface area contributed by atoms with Crippen LogP contribution in [0.15, 0.2) is 18.3 Å². The summed E-state index contributed by atoms with van der Waals surface area (Å²) < 4.78 is 5.15. The van der Waals surface area contributed by atoms with Crippen molar-refractivity contribution in [1.82, 2.24) is 4.98 Å². The van der Waals surface area contributed by atoms with E-state index in [4.69, 9.17) is 9.84 Å². The fourth-order valence-electron chi connectivity index (χ4n) is 1.89. The Balaban J connectivity index is 2.14. The molecule has 6 heteroatoms. The first-order valence-corrected chi connectivity index (χ1v) is 6.12. The fraction of sp³-hybridized carbons (Fsp3) is 0.462. The summed E-state index contributed by atoms with van der Waals surface area (Å²) in [6, 6.07) is 3.30. The lowest BCUT2D eigenvalue weighted by atomic mass is 10.00. The molecule has 2 heterocycles. The number of carboxylic acid groups (broad SMARTS) is 1. The minimum absolute atomic E-state index is 0.205. The van der Waals surface area contributed by atoms with Crippen LogP contribution in [0.1, 0.15) is 24.2 Å². The molecule has 0 aromatic carbocycles. The topological polar surface area (TPSA) is 79.7 Å². The second-order valence-corrected chi connectivity index (χ2v) is 4.77. The van der Waals surface area contributed by atoms with Gasteiger partial charge in [-0.1, -0.05) is 0 Å². The number of aliphatic carboxylic acids is 1. The number of hydrogen-bond acceptors (Lipinski definition) is 5. The van der Waals surface area contributed by atoms with E-state index >= 15 is 0 Å². The molecule has 0 amide bonds. The van der Waals surface area contributed by atoms with Gasteiger partial charge in [0.2, 0.25) is 0 Å². The zero-order valence-electron chi connectivity index (χ0n) is 10.9. The van der Waals surface area contributed by atoms with Crippen molar-refractivity contribution >= 4 is 17.8 Å². The first kappa shape index (κ1) is 13.3. The van der Waals surface area contributed by atoms with Gasteiger partial charge in [0.1, 0.15) is 11.4 Å². The third-order valence-corrected chi connectivity index (χ3v) is 2.88. The molecule has 0 saturated carbocycles. The number of esters is 1. The van der Waals surface area contributed by atoms with Crippen molar-refractivity contribution in [1.29, 1.82) is 0 Å². The predicted octanol–water partition coefficient (Wildman–Crippen LogP) is 1.17. The highest BCUT2D eigenvalue weighted by molar-refractivity contribution is 5.95. The molecule has 1 aliphatic heterocycles. The van der Waals surface area contributed by atoms with Crippen LogP contribution in [0.2, 0.25) is 0 Å². The van der Waals surface area contributed by atoms with Crippen molar-refractivity contribution in [3.05, 3.63) is 23.9 Å². The van der Waals surface area contributed by atoms with Crippen LogP contribution in [-0.4, -0.2) is 41.2 Å². The van der Waals surface area contributed by atoms with Gasteiger partial charge in [-0.2, -0.15) is 0 Å². The van der Waals surface area contributed by atoms with Gasteiger partial charge < -0.3 is 14.7 Å². The normalized spacial score (nSPS) is 15.2. The second-order valence-electron chi connectivity index (χ2n) is 4.77. The number of aromatic nitrogens is 1. The first-order valence-electron chi connectivity index (χ1n) is 6.12. The third kappa shape index (κ3) is 2.83. The number of rotatable bonds is 4. The van der Waals surface area contributed by atoms with E-state index in [0.717, 1.165) is 0 Å². The molecule has 0 atom stereocenters. The summed E-state index contributed by atoms with van der Waals surface area (Å²) >= 11 is 0. The van der Waals surface area contributed by atoms with Gasteiger partial charge in [-0.05, 0) is 26.0 Å². The van der Waals surface area contributed by atoms with Crippen LogP contribution in [0.25, 0.3) is 0 Å². The Bertz CT molecular complexity index is 495. The van der Waals surface area contributed by atoms with Crippen LogP contribution in [0.4, 0.5) is 5.82 Å². The van der Waals surface area contributed by atoms with Crippen LogP contribution in [0, 0.1) is 5.92 Å². The van der Waals surface area contributed by atoms with E-state index in [-0.39, 0.29) is 6.10 Å². The van der Waals surface area contributed by atoms with Gasteiger partial charge >= 0.3 is 11.9 Å². The van der Waals surface area contributed by atoms with Gasteiger partial charge in [0.15, 0.2) is 0 Å². The lowest BCUT2D eigenvalue weighted by Crippen LogP contribution is -2.51. The Morgan fingerprint density at radius 1 is 1.47 bits per heavy atom. The standard InChI is InChI=1S/C13H16N2O4/c1-8(2)19-13(18)10-4-3-5-14-11(10)15-6-9(7-15)12(16)17/h3-5,8-9H,6-7H2,1-2H3,(H,16,17). The Kier molecular flexibility index (Phi) is 3.69. The number of pyridine rings is 1. The molecule has 6 nitrogen and oxygen atoms in total.